The van der Waals surface area contributed by atoms with Crippen molar-refractivity contribution in [2.75, 3.05) is 31.1 Å². The minimum Gasteiger partial charge on any atom is -0.369 e. The standard InChI is InChI=1S/C21H21F3N4O/c1-15-5-7-16(8-6-15)20-25-19(29-26-20)14-27-9-11-28(12-10-27)18-4-2-3-17(13-18)21(22,23)24/h2-8,13H,9-12,14H2,1H3. The van der Waals surface area contributed by atoms with Gasteiger partial charge in [0.1, 0.15) is 0 Å². The highest BCUT2D eigenvalue weighted by molar-refractivity contribution is 5.54. The summed E-state index contributed by atoms with van der Waals surface area (Å²) in [6, 6.07) is 13.4. The van der Waals surface area contributed by atoms with Crippen LogP contribution in [0.15, 0.2) is 53.1 Å². The van der Waals surface area contributed by atoms with Crippen LogP contribution in [0.5, 0.6) is 0 Å². The van der Waals surface area contributed by atoms with Crippen LogP contribution in [-0.4, -0.2) is 41.2 Å². The van der Waals surface area contributed by atoms with Gasteiger partial charge in [-0.25, -0.2) is 0 Å². The predicted molar refractivity (Wildman–Crippen MR) is 103 cm³/mol. The summed E-state index contributed by atoms with van der Waals surface area (Å²) in [5.41, 5.74) is 2.04. The van der Waals surface area contributed by atoms with Crippen molar-refractivity contribution in [2.24, 2.45) is 0 Å². The number of nitrogens with zero attached hydrogens (tertiary/aromatic N) is 4. The maximum absolute atomic E-state index is 12.9. The maximum Gasteiger partial charge on any atom is 0.416 e. The van der Waals surface area contributed by atoms with Crippen LogP contribution in [0.1, 0.15) is 17.0 Å². The fraction of sp³-hybridized carbons (Fsp3) is 0.333. The fourth-order valence-electron chi connectivity index (χ4n) is 3.37. The molecule has 0 unspecified atom stereocenters. The highest BCUT2D eigenvalue weighted by Crippen LogP contribution is 2.32. The van der Waals surface area contributed by atoms with E-state index in [0.717, 1.165) is 17.2 Å². The number of rotatable bonds is 4. The minimum absolute atomic E-state index is 0.523. The van der Waals surface area contributed by atoms with Crippen LogP contribution in [0.25, 0.3) is 11.4 Å². The van der Waals surface area contributed by atoms with Crippen molar-refractivity contribution in [3.63, 3.8) is 0 Å². The smallest absolute Gasteiger partial charge is 0.369 e. The van der Waals surface area contributed by atoms with Crippen molar-refractivity contribution in [1.82, 2.24) is 15.0 Å². The summed E-state index contributed by atoms with van der Waals surface area (Å²) < 4.78 is 44.2. The zero-order valence-electron chi connectivity index (χ0n) is 16.0. The minimum atomic E-state index is -4.33. The van der Waals surface area contributed by atoms with Gasteiger partial charge < -0.3 is 9.42 Å². The summed E-state index contributed by atoms with van der Waals surface area (Å²) in [4.78, 5) is 8.59. The molecule has 0 aliphatic carbocycles. The fourth-order valence-corrected chi connectivity index (χ4v) is 3.37. The number of alkyl halides is 3. The molecule has 2 heterocycles. The third kappa shape index (κ3) is 4.59. The van der Waals surface area contributed by atoms with E-state index < -0.39 is 11.7 Å². The van der Waals surface area contributed by atoms with Gasteiger partial charge in [-0.3, -0.25) is 4.90 Å². The molecule has 1 aliphatic rings. The van der Waals surface area contributed by atoms with Crippen molar-refractivity contribution in [3.8, 4) is 11.4 Å². The molecule has 1 fully saturated rings. The summed E-state index contributed by atoms with van der Waals surface area (Å²) in [5, 5.41) is 4.05. The van der Waals surface area contributed by atoms with Gasteiger partial charge in [-0.1, -0.05) is 41.1 Å². The van der Waals surface area contributed by atoms with E-state index in [9.17, 15) is 13.2 Å². The van der Waals surface area contributed by atoms with Crippen molar-refractivity contribution < 1.29 is 17.7 Å². The van der Waals surface area contributed by atoms with Gasteiger partial charge in [-0.15, -0.1) is 0 Å². The summed E-state index contributed by atoms with van der Waals surface area (Å²) >= 11 is 0. The molecule has 0 amide bonds. The van der Waals surface area contributed by atoms with Crippen LogP contribution >= 0.6 is 0 Å². The van der Waals surface area contributed by atoms with Crippen molar-refractivity contribution >= 4 is 5.69 Å². The maximum atomic E-state index is 12.9. The van der Waals surface area contributed by atoms with Gasteiger partial charge >= 0.3 is 6.18 Å². The second-order valence-corrected chi connectivity index (χ2v) is 7.19. The van der Waals surface area contributed by atoms with Gasteiger partial charge in [0.15, 0.2) is 0 Å². The number of hydrogen-bond donors (Lipinski definition) is 0. The molecule has 1 aromatic heterocycles. The summed E-state index contributed by atoms with van der Waals surface area (Å²) in [7, 11) is 0. The first-order valence-corrected chi connectivity index (χ1v) is 9.43. The molecular formula is C21H21F3N4O. The molecule has 152 valence electrons. The summed E-state index contributed by atoms with van der Waals surface area (Å²) in [6.07, 6.45) is -4.33. The van der Waals surface area contributed by atoms with Gasteiger partial charge in [0.05, 0.1) is 12.1 Å². The second kappa shape index (κ2) is 7.87. The van der Waals surface area contributed by atoms with Crippen molar-refractivity contribution in [1.29, 1.82) is 0 Å². The normalized spacial score (nSPS) is 15.7. The number of aromatic nitrogens is 2. The quantitative estimate of drug-likeness (QED) is 0.648. The Balaban J connectivity index is 1.35. The van der Waals surface area contributed by atoms with E-state index in [-0.39, 0.29) is 0 Å². The second-order valence-electron chi connectivity index (χ2n) is 7.19. The Kier molecular flexibility index (Phi) is 5.27. The molecule has 0 saturated carbocycles. The topological polar surface area (TPSA) is 45.4 Å². The first kappa shape index (κ1) is 19.4. The van der Waals surface area contributed by atoms with Gasteiger partial charge in [0.25, 0.3) is 0 Å². The van der Waals surface area contributed by atoms with E-state index in [1.165, 1.54) is 12.1 Å². The molecule has 4 rings (SSSR count). The molecule has 29 heavy (non-hydrogen) atoms. The van der Waals surface area contributed by atoms with E-state index in [2.05, 4.69) is 15.0 Å². The molecule has 0 bridgehead atoms. The van der Waals surface area contributed by atoms with Crippen LogP contribution in [0, 0.1) is 6.92 Å². The average Bonchev–Trinajstić information content (AvgIpc) is 3.17. The lowest BCUT2D eigenvalue weighted by Crippen LogP contribution is -2.46. The molecule has 0 radical (unpaired) electrons. The Morgan fingerprint density at radius 3 is 2.41 bits per heavy atom. The van der Waals surface area contributed by atoms with Crippen molar-refractivity contribution in [3.05, 3.63) is 65.5 Å². The molecule has 8 heteroatoms. The number of piperazine rings is 1. The molecule has 2 aromatic carbocycles. The third-order valence-corrected chi connectivity index (χ3v) is 5.05. The molecule has 1 aliphatic heterocycles. The highest BCUT2D eigenvalue weighted by atomic mass is 19.4. The first-order chi connectivity index (χ1) is 13.9. The summed E-state index contributed by atoms with van der Waals surface area (Å²) in [6.45, 7) is 5.23. The van der Waals surface area contributed by atoms with Crippen LogP contribution < -0.4 is 4.90 Å². The molecule has 0 spiro atoms. The van der Waals surface area contributed by atoms with E-state index in [0.29, 0.717) is 50.1 Å². The Labute approximate surface area is 166 Å². The lowest BCUT2D eigenvalue weighted by molar-refractivity contribution is -0.137. The van der Waals surface area contributed by atoms with Gasteiger partial charge in [0, 0.05) is 37.4 Å². The predicted octanol–water partition coefficient (Wildman–Crippen LogP) is 4.39. The van der Waals surface area contributed by atoms with Crippen LogP contribution in [0.4, 0.5) is 18.9 Å². The SMILES string of the molecule is Cc1ccc(-c2noc(CN3CCN(c4cccc(C(F)(F)F)c4)CC3)n2)cc1. The van der Waals surface area contributed by atoms with Gasteiger partial charge in [0.2, 0.25) is 11.7 Å². The lowest BCUT2D eigenvalue weighted by atomic mass is 10.1. The van der Waals surface area contributed by atoms with Gasteiger partial charge in [-0.05, 0) is 25.1 Å². The molecule has 3 aromatic rings. The average molecular weight is 402 g/mol. The number of aryl methyl sites for hydroxylation is 1. The monoisotopic (exact) mass is 402 g/mol. The lowest BCUT2D eigenvalue weighted by Gasteiger charge is -2.35. The van der Waals surface area contributed by atoms with Gasteiger partial charge in [-0.2, -0.15) is 18.2 Å². The van der Waals surface area contributed by atoms with Crippen LogP contribution in [0.2, 0.25) is 0 Å². The largest absolute Gasteiger partial charge is 0.416 e. The Bertz CT molecular complexity index is 961. The van der Waals surface area contributed by atoms with Crippen LogP contribution in [0.3, 0.4) is 0 Å². The Morgan fingerprint density at radius 1 is 1.00 bits per heavy atom. The van der Waals surface area contributed by atoms with E-state index in [4.69, 9.17) is 4.52 Å². The number of benzene rings is 2. The highest BCUT2D eigenvalue weighted by Gasteiger charge is 2.31. The van der Waals surface area contributed by atoms with Crippen LogP contribution in [-0.2, 0) is 12.7 Å². The van der Waals surface area contributed by atoms with E-state index >= 15 is 0 Å². The zero-order valence-corrected chi connectivity index (χ0v) is 16.0. The van der Waals surface area contributed by atoms with E-state index in [1.807, 2.05) is 36.1 Å². The Hall–Kier alpha value is -2.87. The first-order valence-electron chi connectivity index (χ1n) is 9.43. The molecule has 0 atom stereocenters. The Morgan fingerprint density at radius 2 is 1.72 bits per heavy atom. The zero-order chi connectivity index (χ0) is 20.4. The van der Waals surface area contributed by atoms with Crippen molar-refractivity contribution in [2.45, 2.75) is 19.6 Å². The van der Waals surface area contributed by atoms with E-state index in [1.54, 1.807) is 6.07 Å². The molecular weight excluding hydrogens is 381 g/mol. The third-order valence-electron chi connectivity index (χ3n) is 5.05. The summed E-state index contributed by atoms with van der Waals surface area (Å²) in [5.74, 6) is 1.09. The number of anilines is 1. The molecule has 1 saturated heterocycles. The molecule has 5 nitrogen and oxygen atoms in total. The number of halogens is 3. The molecule has 0 N–H and O–H groups in total. The number of hydrogen-bond acceptors (Lipinski definition) is 5.